The molecule has 0 amide bonds. The average Bonchev–Trinajstić information content (AvgIpc) is 3.57. The summed E-state index contributed by atoms with van der Waals surface area (Å²) in [5.74, 6) is 1.67. The maximum atomic E-state index is 6.98. The molecule has 0 fully saturated rings. The lowest BCUT2D eigenvalue weighted by Crippen LogP contribution is -2.50. The molecule has 0 saturated carbocycles. The Kier molecular flexibility index (Phi) is 7.58. The van der Waals surface area contributed by atoms with Crippen molar-refractivity contribution in [1.82, 2.24) is 9.97 Å². The molecule has 0 radical (unpaired) electrons. The zero-order chi connectivity index (χ0) is 38.0. The summed E-state index contributed by atoms with van der Waals surface area (Å²) in [6.45, 7) is 2.26. The van der Waals surface area contributed by atoms with E-state index in [0.29, 0.717) is 5.82 Å². The molecule has 8 aromatic rings. The molecular weight excluding hydrogens is 693 g/mol. The van der Waals surface area contributed by atoms with Gasteiger partial charge in [0.15, 0.2) is 5.82 Å². The Balaban J connectivity index is 0.955. The molecule has 2 aliphatic carbocycles. The summed E-state index contributed by atoms with van der Waals surface area (Å²) >= 11 is 0. The zero-order valence-corrected chi connectivity index (χ0v) is 31.6. The van der Waals surface area contributed by atoms with Gasteiger partial charge in [-0.15, -0.1) is 0 Å². The molecule has 1 unspecified atom stereocenters. The fourth-order valence-corrected chi connectivity index (χ4v) is 9.41. The molecule has 3 aliphatic rings. The van der Waals surface area contributed by atoms with Crippen LogP contribution in [-0.4, -0.2) is 15.6 Å². The molecule has 3 nitrogen and oxygen atoms in total. The van der Waals surface area contributed by atoms with Crippen LogP contribution in [0.5, 0.6) is 5.75 Å². The van der Waals surface area contributed by atoms with E-state index in [1.54, 1.807) is 0 Å². The van der Waals surface area contributed by atoms with Gasteiger partial charge in [-0.1, -0.05) is 182 Å². The Morgan fingerprint density at radius 1 is 0.456 bits per heavy atom. The molecule has 0 N–H and O–H groups in total. The van der Waals surface area contributed by atoms with Crippen molar-refractivity contribution >= 4 is 0 Å². The summed E-state index contributed by atoms with van der Waals surface area (Å²) in [5, 5.41) is 0. The smallest absolute Gasteiger partial charge is 0.160 e. The summed E-state index contributed by atoms with van der Waals surface area (Å²) in [6.07, 6.45) is 7.59. The normalized spacial score (nSPS) is 16.8. The SMILES string of the molecule is CC12CC=CC=C1C1(c3cc(-c4ccc(-c5ccc(-c6cc(-c7ccccc7)nc(-c7ccccc7)n6)cc5)cc4)ccc3O2)c2ccccc2-c2ccccc21. The minimum atomic E-state index is -0.453. The highest BCUT2D eigenvalue weighted by Crippen LogP contribution is 2.63. The van der Waals surface area contributed by atoms with Crippen molar-refractivity contribution in [3.63, 3.8) is 0 Å². The van der Waals surface area contributed by atoms with Crippen LogP contribution in [0.4, 0.5) is 0 Å². The number of allylic oxidation sites excluding steroid dienone is 2. The van der Waals surface area contributed by atoms with Gasteiger partial charge in [0.25, 0.3) is 0 Å². The molecular formula is C54H38N2O. The van der Waals surface area contributed by atoms with Crippen molar-refractivity contribution in [2.24, 2.45) is 0 Å². The highest BCUT2D eigenvalue weighted by Gasteiger charge is 2.57. The van der Waals surface area contributed by atoms with Gasteiger partial charge < -0.3 is 4.74 Å². The molecule has 2 heterocycles. The molecule has 1 aliphatic heterocycles. The van der Waals surface area contributed by atoms with E-state index < -0.39 is 11.0 Å². The molecule has 0 saturated heterocycles. The van der Waals surface area contributed by atoms with Gasteiger partial charge in [-0.25, -0.2) is 9.97 Å². The van der Waals surface area contributed by atoms with Crippen molar-refractivity contribution < 1.29 is 4.74 Å². The lowest BCUT2D eigenvalue weighted by molar-refractivity contribution is 0.102. The Labute approximate surface area is 333 Å². The van der Waals surface area contributed by atoms with Gasteiger partial charge in [0.2, 0.25) is 0 Å². The summed E-state index contributed by atoms with van der Waals surface area (Å²) in [5.41, 5.74) is 16.4. The first-order valence-corrected chi connectivity index (χ1v) is 19.7. The lowest BCUT2D eigenvalue weighted by Gasteiger charge is -2.50. The van der Waals surface area contributed by atoms with E-state index in [-0.39, 0.29) is 0 Å². The number of benzene rings is 7. The molecule has 3 heteroatoms. The van der Waals surface area contributed by atoms with Crippen molar-refractivity contribution in [2.45, 2.75) is 24.4 Å². The molecule has 7 aromatic carbocycles. The largest absolute Gasteiger partial charge is 0.482 e. The first kappa shape index (κ1) is 33.3. The van der Waals surface area contributed by atoms with Gasteiger partial charge >= 0.3 is 0 Å². The van der Waals surface area contributed by atoms with Crippen molar-refractivity contribution in [1.29, 1.82) is 0 Å². The number of nitrogens with zero attached hydrogens (tertiary/aromatic N) is 2. The zero-order valence-electron chi connectivity index (χ0n) is 31.6. The number of hydrogen-bond donors (Lipinski definition) is 0. The fourth-order valence-electron chi connectivity index (χ4n) is 9.41. The minimum Gasteiger partial charge on any atom is -0.482 e. The quantitative estimate of drug-likeness (QED) is 0.177. The van der Waals surface area contributed by atoms with Crippen LogP contribution in [-0.2, 0) is 5.41 Å². The molecule has 270 valence electrons. The number of fused-ring (bicyclic) bond motifs is 9. The van der Waals surface area contributed by atoms with Gasteiger partial charge in [0.1, 0.15) is 11.4 Å². The second-order valence-corrected chi connectivity index (χ2v) is 15.4. The Bertz CT molecular complexity index is 2790. The van der Waals surface area contributed by atoms with Crippen LogP contribution in [0.2, 0.25) is 0 Å². The maximum absolute atomic E-state index is 6.98. The summed E-state index contributed by atoms with van der Waals surface area (Å²) in [4.78, 5) is 9.99. The highest BCUT2D eigenvalue weighted by atomic mass is 16.5. The first-order chi connectivity index (χ1) is 28.1. The van der Waals surface area contributed by atoms with Crippen LogP contribution in [0, 0.1) is 0 Å². The molecule has 57 heavy (non-hydrogen) atoms. The van der Waals surface area contributed by atoms with E-state index in [2.05, 4.69) is 171 Å². The second kappa shape index (κ2) is 13.0. The van der Waals surface area contributed by atoms with E-state index in [9.17, 15) is 0 Å². The average molecular weight is 731 g/mol. The minimum absolute atomic E-state index is 0.452. The molecule has 11 rings (SSSR count). The third kappa shape index (κ3) is 5.27. The van der Waals surface area contributed by atoms with E-state index >= 15 is 0 Å². The summed E-state index contributed by atoms with van der Waals surface area (Å²) in [7, 11) is 0. The fraction of sp³-hybridized carbons (Fsp3) is 0.0741. The number of aromatic nitrogens is 2. The van der Waals surface area contributed by atoms with Gasteiger partial charge in [0.05, 0.1) is 16.8 Å². The van der Waals surface area contributed by atoms with E-state index in [1.165, 1.54) is 44.5 Å². The van der Waals surface area contributed by atoms with Crippen molar-refractivity contribution in [3.8, 4) is 73.0 Å². The number of ether oxygens (including phenoxy) is 1. The van der Waals surface area contributed by atoms with Crippen LogP contribution in [0.3, 0.4) is 0 Å². The van der Waals surface area contributed by atoms with Gasteiger partial charge in [0, 0.05) is 28.7 Å². The van der Waals surface area contributed by atoms with Crippen LogP contribution >= 0.6 is 0 Å². The van der Waals surface area contributed by atoms with E-state index in [0.717, 1.165) is 51.4 Å². The van der Waals surface area contributed by atoms with E-state index in [4.69, 9.17) is 14.7 Å². The Hall–Kier alpha value is -7.10. The lowest BCUT2D eigenvalue weighted by atomic mass is 9.59. The number of rotatable bonds is 5. The van der Waals surface area contributed by atoms with Crippen LogP contribution < -0.4 is 4.74 Å². The third-order valence-electron chi connectivity index (χ3n) is 12.1. The standard InChI is InChI=1S/C54H38N2O/c1-53-33-13-12-22-51(53)54(45-20-10-8-18-43(45)44-19-9-11-21-46(44)54)47-34-42(31-32-50(47)57-53)38-25-23-36(24-26-38)37-27-29-40(30-28-37)49-35-48(39-14-4-2-5-15-39)55-52(56-49)41-16-6-3-7-17-41/h2-32,34-35H,33H2,1H3. The van der Waals surface area contributed by atoms with Crippen molar-refractivity contribution in [2.75, 3.05) is 0 Å². The highest BCUT2D eigenvalue weighted by molar-refractivity contribution is 5.89. The molecule has 1 spiro atoms. The summed E-state index contributed by atoms with van der Waals surface area (Å²) < 4.78 is 6.98. The predicted molar refractivity (Wildman–Crippen MR) is 232 cm³/mol. The van der Waals surface area contributed by atoms with E-state index in [1.807, 2.05) is 36.4 Å². The van der Waals surface area contributed by atoms with Gasteiger partial charge in [-0.3, -0.25) is 0 Å². The molecule has 0 bridgehead atoms. The summed E-state index contributed by atoms with van der Waals surface area (Å²) in [6, 6.07) is 64.9. The maximum Gasteiger partial charge on any atom is 0.160 e. The molecule has 1 atom stereocenters. The predicted octanol–water partition coefficient (Wildman–Crippen LogP) is 13.2. The van der Waals surface area contributed by atoms with Gasteiger partial charge in [-0.05, 0) is 75.2 Å². The van der Waals surface area contributed by atoms with Crippen molar-refractivity contribution in [3.05, 3.63) is 222 Å². The third-order valence-corrected chi connectivity index (χ3v) is 12.1. The number of hydrogen-bond acceptors (Lipinski definition) is 3. The van der Waals surface area contributed by atoms with Crippen LogP contribution in [0.15, 0.2) is 206 Å². The topological polar surface area (TPSA) is 35.0 Å². The monoisotopic (exact) mass is 730 g/mol. The van der Waals surface area contributed by atoms with Crippen LogP contribution in [0.1, 0.15) is 30.0 Å². The first-order valence-electron chi connectivity index (χ1n) is 19.7. The van der Waals surface area contributed by atoms with Gasteiger partial charge in [-0.2, -0.15) is 0 Å². The molecule has 1 aromatic heterocycles. The Morgan fingerprint density at radius 3 is 1.56 bits per heavy atom. The Morgan fingerprint density at radius 2 is 0.947 bits per heavy atom. The van der Waals surface area contributed by atoms with Crippen LogP contribution in [0.25, 0.3) is 67.3 Å². The second-order valence-electron chi connectivity index (χ2n) is 15.4.